The summed E-state index contributed by atoms with van der Waals surface area (Å²) in [6.45, 7) is 3.21. The molecular weight excluding hydrogens is 311 g/mol. The van der Waals surface area contributed by atoms with E-state index in [0.717, 1.165) is 0 Å². The molecule has 21 heavy (non-hydrogen) atoms. The van der Waals surface area contributed by atoms with E-state index >= 15 is 0 Å². The van der Waals surface area contributed by atoms with Crippen molar-refractivity contribution in [3.63, 3.8) is 0 Å². The lowest BCUT2D eigenvalue weighted by Crippen LogP contribution is -2.21. The van der Waals surface area contributed by atoms with Gasteiger partial charge in [-0.05, 0) is 26.0 Å². The molecule has 1 unspecified atom stereocenters. The molecule has 0 N–H and O–H groups in total. The number of rotatable bonds is 5. The number of esters is 1. The third-order valence-electron chi connectivity index (χ3n) is 2.08. The fraction of sp³-hybridized carbons (Fsp3) is 0.385. The first-order valence-corrected chi connectivity index (χ1v) is 6.30. The summed E-state index contributed by atoms with van der Waals surface area (Å²) in [5.41, 5.74) is 0.243. The molecule has 0 aliphatic carbocycles. The van der Waals surface area contributed by atoms with Crippen molar-refractivity contribution >= 4 is 23.8 Å². The van der Waals surface area contributed by atoms with Crippen LogP contribution < -0.4 is 0 Å². The van der Waals surface area contributed by atoms with Gasteiger partial charge in [0.2, 0.25) is 6.10 Å². The van der Waals surface area contributed by atoms with Crippen LogP contribution in [0.2, 0.25) is 5.02 Å². The van der Waals surface area contributed by atoms with Crippen LogP contribution in [-0.4, -0.2) is 24.5 Å². The van der Waals surface area contributed by atoms with E-state index in [-0.39, 0.29) is 11.8 Å². The fourth-order valence-corrected chi connectivity index (χ4v) is 1.55. The quantitative estimate of drug-likeness (QED) is 0.469. The monoisotopic (exact) mass is 323 g/mol. The molecule has 0 aromatic heterocycles. The van der Waals surface area contributed by atoms with E-state index in [1.54, 1.807) is 19.9 Å². The molecule has 4 nitrogen and oxygen atoms in total. The Morgan fingerprint density at radius 3 is 2.57 bits per heavy atom. The second-order valence-electron chi connectivity index (χ2n) is 4.30. The van der Waals surface area contributed by atoms with Gasteiger partial charge in [-0.25, -0.2) is 4.79 Å². The van der Waals surface area contributed by atoms with Crippen molar-refractivity contribution in [2.45, 2.75) is 32.2 Å². The number of alkyl halides is 3. The van der Waals surface area contributed by atoms with Crippen LogP contribution in [0.3, 0.4) is 0 Å². The lowest BCUT2D eigenvalue weighted by molar-refractivity contribution is -0.162. The largest absolute Gasteiger partial charge is 0.460 e. The maximum atomic E-state index is 12.0. The predicted octanol–water partition coefficient (Wildman–Crippen LogP) is 3.90. The highest BCUT2D eigenvalue weighted by Crippen LogP contribution is 2.23. The molecule has 0 fully saturated rings. The van der Waals surface area contributed by atoms with E-state index in [4.69, 9.17) is 16.3 Å². The van der Waals surface area contributed by atoms with E-state index in [2.05, 4.69) is 9.99 Å². The topological polar surface area (TPSA) is 47.9 Å². The second kappa shape index (κ2) is 7.31. The molecule has 0 bridgehead atoms. The highest BCUT2D eigenvalue weighted by atomic mass is 35.5. The lowest BCUT2D eigenvalue weighted by Gasteiger charge is -2.16. The average Bonchev–Trinajstić information content (AvgIpc) is 2.32. The van der Waals surface area contributed by atoms with Crippen LogP contribution in [0, 0.1) is 0 Å². The van der Waals surface area contributed by atoms with E-state index in [1.165, 1.54) is 18.2 Å². The van der Waals surface area contributed by atoms with Crippen LogP contribution >= 0.6 is 11.6 Å². The minimum absolute atomic E-state index is 0.243. The highest BCUT2D eigenvalue weighted by molar-refractivity contribution is 6.30. The summed E-state index contributed by atoms with van der Waals surface area (Å²) in [4.78, 5) is 16.5. The normalized spacial score (nSPS) is 13.5. The summed E-state index contributed by atoms with van der Waals surface area (Å²) in [7, 11) is 0. The molecule has 8 heteroatoms. The summed E-state index contributed by atoms with van der Waals surface area (Å²) in [5.74, 6) is -0.855. The Morgan fingerprint density at radius 2 is 2.05 bits per heavy atom. The van der Waals surface area contributed by atoms with Crippen molar-refractivity contribution in [3.8, 4) is 0 Å². The van der Waals surface area contributed by atoms with Gasteiger partial charge in [-0.3, -0.25) is 0 Å². The number of hydrogen-bond donors (Lipinski definition) is 0. The Balaban J connectivity index is 2.95. The maximum Gasteiger partial charge on any atom is 0.429 e. The van der Waals surface area contributed by atoms with Gasteiger partial charge in [0, 0.05) is 10.6 Å². The highest BCUT2D eigenvalue weighted by Gasteiger charge is 2.28. The average molecular weight is 324 g/mol. The SMILES string of the molecule is CC(C)OC(=O)C(ON=CC(F)(F)F)c1cccc(Cl)c1. The molecule has 0 amide bonds. The molecule has 0 aliphatic rings. The minimum atomic E-state index is -4.64. The maximum absolute atomic E-state index is 12.0. The van der Waals surface area contributed by atoms with Gasteiger partial charge in [0.05, 0.1) is 6.10 Å². The number of halogens is 4. The zero-order valence-corrected chi connectivity index (χ0v) is 12.0. The molecule has 0 saturated carbocycles. The molecule has 0 aliphatic heterocycles. The zero-order valence-electron chi connectivity index (χ0n) is 11.2. The second-order valence-corrected chi connectivity index (χ2v) is 4.74. The van der Waals surface area contributed by atoms with Gasteiger partial charge in [-0.2, -0.15) is 13.2 Å². The number of benzene rings is 1. The number of carbonyl (C=O) groups is 1. The Kier molecular flexibility index (Phi) is 6.02. The third kappa shape index (κ3) is 6.48. The van der Waals surface area contributed by atoms with Crippen molar-refractivity contribution in [1.29, 1.82) is 0 Å². The molecule has 0 radical (unpaired) electrons. The van der Waals surface area contributed by atoms with Gasteiger partial charge < -0.3 is 9.57 Å². The summed E-state index contributed by atoms with van der Waals surface area (Å²) in [6, 6.07) is 5.94. The molecule has 1 rings (SSSR count). The number of nitrogens with zero attached hydrogens (tertiary/aromatic N) is 1. The standard InChI is InChI=1S/C13H13ClF3NO3/c1-8(2)20-12(19)11(21-18-7-13(15,16)17)9-4-3-5-10(14)6-9/h3-8,11H,1-2H3. The first-order valence-electron chi connectivity index (χ1n) is 5.92. The molecule has 0 saturated heterocycles. The molecular formula is C13H13ClF3NO3. The number of ether oxygens (including phenoxy) is 1. The molecule has 1 atom stereocenters. The van der Waals surface area contributed by atoms with E-state index in [1.807, 2.05) is 0 Å². The van der Waals surface area contributed by atoms with E-state index in [0.29, 0.717) is 5.02 Å². The first kappa shape index (κ1) is 17.3. The van der Waals surface area contributed by atoms with Crippen molar-refractivity contribution in [2.75, 3.05) is 0 Å². The van der Waals surface area contributed by atoms with Crippen molar-refractivity contribution in [1.82, 2.24) is 0 Å². The van der Waals surface area contributed by atoms with Gasteiger partial charge in [-0.15, -0.1) is 0 Å². The molecule has 1 aromatic carbocycles. The first-order chi connectivity index (χ1) is 9.69. The fourth-order valence-electron chi connectivity index (χ4n) is 1.35. The van der Waals surface area contributed by atoms with Crippen LogP contribution in [0.25, 0.3) is 0 Å². The van der Waals surface area contributed by atoms with Gasteiger partial charge in [-0.1, -0.05) is 28.9 Å². The van der Waals surface area contributed by atoms with Crippen LogP contribution in [-0.2, 0) is 14.4 Å². The zero-order chi connectivity index (χ0) is 16.0. The smallest absolute Gasteiger partial charge is 0.429 e. The van der Waals surface area contributed by atoms with Crippen LogP contribution in [0.4, 0.5) is 13.2 Å². The predicted molar refractivity (Wildman–Crippen MR) is 71.1 cm³/mol. The van der Waals surface area contributed by atoms with E-state index in [9.17, 15) is 18.0 Å². The summed E-state index contributed by atoms with van der Waals surface area (Å²) < 4.78 is 41.0. The summed E-state index contributed by atoms with van der Waals surface area (Å²) in [6.07, 6.45) is -6.87. The number of oxime groups is 1. The minimum Gasteiger partial charge on any atom is -0.460 e. The number of hydrogen-bond acceptors (Lipinski definition) is 4. The summed E-state index contributed by atoms with van der Waals surface area (Å²) >= 11 is 5.78. The Hall–Kier alpha value is -1.76. The Morgan fingerprint density at radius 1 is 1.38 bits per heavy atom. The Bertz CT molecular complexity index is 518. The van der Waals surface area contributed by atoms with Gasteiger partial charge in [0.15, 0.2) is 0 Å². The number of carbonyl (C=O) groups excluding carboxylic acids is 1. The van der Waals surface area contributed by atoms with Crippen molar-refractivity contribution < 1.29 is 27.5 Å². The van der Waals surface area contributed by atoms with Crippen molar-refractivity contribution in [3.05, 3.63) is 34.9 Å². The molecule has 1 aromatic rings. The van der Waals surface area contributed by atoms with Gasteiger partial charge in [0.1, 0.15) is 6.21 Å². The van der Waals surface area contributed by atoms with Crippen LogP contribution in [0.15, 0.2) is 29.4 Å². The molecule has 116 valence electrons. The van der Waals surface area contributed by atoms with Crippen LogP contribution in [0.1, 0.15) is 25.5 Å². The Labute approximate surface area is 124 Å². The van der Waals surface area contributed by atoms with Gasteiger partial charge in [0.25, 0.3) is 0 Å². The molecule has 0 heterocycles. The van der Waals surface area contributed by atoms with Crippen molar-refractivity contribution in [2.24, 2.45) is 5.16 Å². The summed E-state index contributed by atoms with van der Waals surface area (Å²) in [5, 5.41) is 3.09. The molecule has 0 spiro atoms. The lowest BCUT2D eigenvalue weighted by atomic mass is 10.1. The van der Waals surface area contributed by atoms with Crippen LogP contribution in [0.5, 0.6) is 0 Å². The van der Waals surface area contributed by atoms with Gasteiger partial charge >= 0.3 is 12.1 Å². The third-order valence-corrected chi connectivity index (χ3v) is 2.32. The van der Waals surface area contributed by atoms with E-state index < -0.39 is 24.4 Å².